The van der Waals surface area contributed by atoms with Crippen molar-refractivity contribution in [2.45, 2.75) is 4.90 Å². The number of piperazine rings is 1. The number of nitrogens with zero attached hydrogens (tertiary/aromatic N) is 2. The Morgan fingerprint density at radius 1 is 1.23 bits per heavy atom. The summed E-state index contributed by atoms with van der Waals surface area (Å²) in [5.41, 5.74) is 0.787. The van der Waals surface area contributed by atoms with Gasteiger partial charge < -0.3 is 10.2 Å². The van der Waals surface area contributed by atoms with E-state index in [1.807, 2.05) is 42.6 Å². The van der Waals surface area contributed by atoms with E-state index in [1.54, 1.807) is 0 Å². The fourth-order valence-corrected chi connectivity index (χ4v) is 3.72. The lowest BCUT2D eigenvalue weighted by molar-refractivity contribution is -0.892. The monoisotopic (exact) mass is 369 g/mol. The number of anilines is 2. The number of carbonyl (C=O) groups is 1. The number of benzene rings is 1. The Balaban J connectivity index is 1.50. The molecule has 3 N–H and O–H groups in total. The highest BCUT2D eigenvalue weighted by Crippen LogP contribution is 2.26. The number of amides is 1. The molecule has 0 unspecified atom stereocenters. The molecule has 1 fully saturated rings. The number of para-hydroxylation sites is 1. The zero-order valence-corrected chi connectivity index (χ0v) is 15.4. The quantitative estimate of drug-likeness (QED) is 0.726. The summed E-state index contributed by atoms with van der Waals surface area (Å²) < 4.78 is 0. The van der Waals surface area contributed by atoms with Gasteiger partial charge >= 0.3 is 0 Å². The van der Waals surface area contributed by atoms with Gasteiger partial charge in [0.25, 0.3) is 11.7 Å². The van der Waals surface area contributed by atoms with Crippen molar-refractivity contribution in [3.63, 3.8) is 0 Å². The first-order chi connectivity index (χ1) is 12.8. The molecule has 0 atom stereocenters. The van der Waals surface area contributed by atoms with E-state index in [9.17, 15) is 4.79 Å². The van der Waals surface area contributed by atoms with Gasteiger partial charge in [-0.3, -0.25) is 9.69 Å². The Hall–Kier alpha value is -2.56. The van der Waals surface area contributed by atoms with Crippen LogP contribution >= 0.6 is 11.8 Å². The molecule has 1 aromatic heterocycles. The van der Waals surface area contributed by atoms with E-state index in [4.69, 9.17) is 5.26 Å². The van der Waals surface area contributed by atoms with Crippen molar-refractivity contribution in [3.05, 3.63) is 48.7 Å². The minimum Gasteiger partial charge on any atom is -0.321 e. The maximum Gasteiger partial charge on any atom is 0.279 e. The van der Waals surface area contributed by atoms with E-state index in [0.717, 1.165) is 42.6 Å². The minimum atomic E-state index is 0.0183. The first-order valence-corrected chi connectivity index (χ1v) is 9.68. The summed E-state index contributed by atoms with van der Waals surface area (Å²) in [5, 5.41) is 11.8. The van der Waals surface area contributed by atoms with Crippen molar-refractivity contribution in [3.8, 4) is 6.07 Å². The minimum absolute atomic E-state index is 0.0183. The molecule has 1 aliphatic heterocycles. The van der Waals surface area contributed by atoms with Crippen molar-refractivity contribution in [1.82, 2.24) is 0 Å². The number of aromatic amines is 1. The van der Waals surface area contributed by atoms with Crippen LogP contribution in [0.4, 0.5) is 11.5 Å². The van der Waals surface area contributed by atoms with Gasteiger partial charge in [0, 0.05) is 11.0 Å². The summed E-state index contributed by atoms with van der Waals surface area (Å²) in [6.07, 6.45) is 1.93. The number of H-pyrrole nitrogens is 1. The SMILES string of the molecule is N#CCSc1ccccc1NC(=O)C[NH+]1CCN(c2cccc[nH+]2)CC1. The third kappa shape index (κ3) is 4.97. The number of thioether (sulfide) groups is 1. The zero-order chi connectivity index (χ0) is 18.2. The van der Waals surface area contributed by atoms with Crippen LogP contribution in [0.1, 0.15) is 0 Å². The van der Waals surface area contributed by atoms with Crippen molar-refractivity contribution in [2.24, 2.45) is 0 Å². The molecule has 0 bridgehead atoms. The standard InChI is InChI=1S/C19H21N5OS/c20-8-14-26-17-6-2-1-5-16(17)22-19(25)15-23-10-12-24(13-11-23)18-7-3-4-9-21-18/h1-7,9H,10-15H2,(H,22,25)/p+2. The Morgan fingerprint density at radius 2 is 2.00 bits per heavy atom. The third-order valence-corrected chi connectivity index (χ3v) is 5.31. The second-order valence-electron chi connectivity index (χ2n) is 6.15. The Labute approximate surface area is 157 Å². The lowest BCUT2D eigenvalue weighted by Crippen LogP contribution is -3.15. The van der Waals surface area contributed by atoms with Crippen LogP contribution in [-0.4, -0.2) is 44.4 Å². The highest BCUT2D eigenvalue weighted by molar-refractivity contribution is 7.99. The first-order valence-electron chi connectivity index (χ1n) is 8.70. The molecule has 0 aliphatic carbocycles. The predicted molar refractivity (Wildman–Crippen MR) is 102 cm³/mol. The molecule has 26 heavy (non-hydrogen) atoms. The average Bonchev–Trinajstić information content (AvgIpc) is 2.68. The van der Waals surface area contributed by atoms with E-state index in [1.165, 1.54) is 16.7 Å². The molecule has 1 amide bonds. The van der Waals surface area contributed by atoms with Gasteiger partial charge in [-0.2, -0.15) is 5.26 Å². The summed E-state index contributed by atoms with van der Waals surface area (Å²) in [6, 6.07) is 15.8. The second kappa shape index (κ2) is 9.22. The number of aromatic nitrogens is 1. The van der Waals surface area contributed by atoms with Crippen molar-refractivity contribution >= 4 is 29.2 Å². The molecule has 0 radical (unpaired) electrons. The van der Waals surface area contributed by atoms with E-state index >= 15 is 0 Å². The van der Waals surface area contributed by atoms with Crippen LogP contribution in [0.15, 0.2) is 53.6 Å². The van der Waals surface area contributed by atoms with Crippen LogP contribution in [0, 0.1) is 11.3 Å². The second-order valence-corrected chi connectivity index (χ2v) is 7.17. The maximum absolute atomic E-state index is 12.4. The number of carbonyl (C=O) groups excluding carboxylic acids is 1. The van der Waals surface area contributed by atoms with Crippen molar-refractivity contribution < 1.29 is 14.7 Å². The number of rotatable bonds is 6. The fraction of sp³-hybridized carbons (Fsp3) is 0.316. The molecule has 134 valence electrons. The maximum atomic E-state index is 12.4. The number of hydrogen-bond donors (Lipinski definition) is 2. The van der Waals surface area contributed by atoms with Gasteiger partial charge in [0.05, 0.1) is 23.7 Å². The molecular weight excluding hydrogens is 346 g/mol. The van der Waals surface area contributed by atoms with Crippen LogP contribution in [0.2, 0.25) is 0 Å². The van der Waals surface area contributed by atoms with Crippen LogP contribution in [0.25, 0.3) is 0 Å². The van der Waals surface area contributed by atoms with Gasteiger partial charge in [0.15, 0.2) is 6.54 Å². The van der Waals surface area contributed by atoms with E-state index in [0.29, 0.717) is 12.3 Å². The predicted octanol–water partition coefficient (Wildman–Crippen LogP) is 0.460. The van der Waals surface area contributed by atoms with Gasteiger partial charge in [-0.1, -0.05) is 18.2 Å². The average molecular weight is 369 g/mol. The molecule has 1 aliphatic rings. The Bertz CT molecular complexity index is 769. The van der Waals surface area contributed by atoms with Gasteiger partial charge in [0.2, 0.25) is 0 Å². The zero-order valence-electron chi connectivity index (χ0n) is 14.6. The van der Waals surface area contributed by atoms with Gasteiger partial charge in [-0.15, -0.1) is 11.8 Å². The molecule has 2 aromatic rings. The van der Waals surface area contributed by atoms with Crippen LogP contribution in [0.3, 0.4) is 0 Å². The number of pyridine rings is 1. The summed E-state index contributed by atoms with van der Waals surface area (Å²) in [5.74, 6) is 1.51. The van der Waals surface area contributed by atoms with Crippen molar-refractivity contribution in [2.75, 3.05) is 48.7 Å². The molecule has 0 spiro atoms. The summed E-state index contributed by atoms with van der Waals surface area (Å²) in [4.78, 5) is 20.2. The summed E-state index contributed by atoms with van der Waals surface area (Å²) in [6.45, 7) is 4.18. The first kappa shape index (κ1) is 18.2. The number of hydrogen-bond acceptors (Lipinski definition) is 4. The van der Waals surface area contributed by atoms with Gasteiger partial charge in [-0.05, 0) is 18.2 Å². The summed E-state index contributed by atoms with van der Waals surface area (Å²) in [7, 11) is 0. The van der Waals surface area contributed by atoms with Gasteiger partial charge in [-0.25, -0.2) is 4.98 Å². The molecule has 3 rings (SSSR count). The highest BCUT2D eigenvalue weighted by atomic mass is 32.2. The molecule has 6 nitrogen and oxygen atoms in total. The van der Waals surface area contributed by atoms with Gasteiger partial charge in [0.1, 0.15) is 26.2 Å². The smallest absolute Gasteiger partial charge is 0.279 e. The molecular formula is C19H23N5OS+2. The molecule has 2 heterocycles. The lowest BCUT2D eigenvalue weighted by Gasteiger charge is -2.27. The fourth-order valence-electron chi connectivity index (χ4n) is 3.05. The van der Waals surface area contributed by atoms with Crippen molar-refractivity contribution in [1.29, 1.82) is 5.26 Å². The molecule has 1 aromatic carbocycles. The number of quaternary nitrogens is 1. The number of nitrogens with one attached hydrogen (secondary N) is 3. The Kier molecular flexibility index (Phi) is 6.47. The lowest BCUT2D eigenvalue weighted by atomic mass is 10.3. The largest absolute Gasteiger partial charge is 0.321 e. The van der Waals surface area contributed by atoms with Crippen LogP contribution < -0.4 is 20.1 Å². The molecule has 1 saturated heterocycles. The highest BCUT2D eigenvalue weighted by Gasteiger charge is 2.27. The third-order valence-electron chi connectivity index (χ3n) is 4.37. The van der Waals surface area contributed by atoms with E-state index in [2.05, 4.69) is 27.3 Å². The topological polar surface area (TPSA) is 74.7 Å². The number of nitriles is 1. The Morgan fingerprint density at radius 3 is 2.73 bits per heavy atom. The normalized spacial score (nSPS) is 14.7. The van der Waals surface area contributed by atoms with E-state index in [-0.39, 0.29) is 5.91 Å². The van der Waals surface area contributed by atoms with Crippen LogP contribution in [0.5, 0.6) is 0 Å². The summed E-state index contributed by atoms with van der Waals surface area (Å²) >= 11 is 1.44. The molecule has 7 heteroatoms. The van der Waals surface area contributed by atoms with Crippen LogP contribution in [-0.2, 0) is 4.79 Å². The molecule has 0 saturated carbocycles. The van der Waals surface area contributed by atoms with E-state index < -0.39 is 0 Å².